The van der Waals surface area contributed by atoms with E-state index in [0.29, 0.717) is 24.4 Å². The van der Waals surface area contributed by atoms with Gasteiger partial charge in [0.25, 0.3) is 0 Å². The van der Waals surface area contributed by atoms with Crippen LogP contribution in [0.15, 0.2) is 4.52 Å². The molecule has 1 aromatic rings. The summed E-state index contributed by atoms with van der Waals surface area (Å²) < 4.78 is 5.15. The highest BCUT2D eigenvalue weighted by molar-refractivity contribution is 5.85. The quantitative estimate of drug-likeness (QED) is 0.881. The number of aromatic nitrogens is 1. The van der Waals surface area contributed by atoms with E-state index in [1.807, 2.05) is 13.8 Å². The maximum atomic E-state index is 12.4. The number of hydrogen-bond acceptors (Lipinski definition) is 4. The highest BCUT2D eigenvalue weighted by atomic mass is 35.5. The van der Waals surface area contributed by atoms with E-state index in [0.717, 1.165) is 36.3 Å². The fourth-order valence-electron chi connectivity index (χ4n) is 4.32. The summed E-state index contributed by atoms with van der Waals surface area (Å²) in [6.45, 7) is 4.51. The van der Waals surface area contributed by atoms with Gasteiger partial charge in [0.2, 0.25) is 5.91 Å². The molecule has 1 heterocycles. The number of carbonyl (C=O) groups excluding carboxylic acids is 1. The molecule has 3 rings (SSSR count). The first kappa shape index (κ1) is 18.3. The third-order valence-electron chi connectivity index (χ3n) is 5.64. The molecule has 2 atom stereocenters. The number of nitrogens with one attached hydrogen (secondary N) is 1. The Morgan fingerprint density at radius 1 is 1.30 bits per heavy atom. The molecule has 2 unspecified atom stereocenters. The number of nitrogens with two attached hydrogens (primary N) is 1. The lowest BCUT2D eigenvalue weighted by Gasteiger charge is -2.43. The number of halogens is 1. The fraction of sp³-hybridized carbons (Fsp3) is 0.765. The van der Waals surface area contributed by atoms with Gasteiger partial charge in [0.1, 0.15) is 5.76 Å². The van der Waals surface area contributed by atoms with Gasteiger partial charge < -0.3 is 15.6 Å². The first-order valence-electron chi connectivity index (χ1n) is 8.51. The lowest BCUT2D eigenvalue weighted by atomic mass is 9.65. The van der Waals surface area contributed by atoms with E-state index in [4.69, 9.17) is 10.3 Å². The molecular weight excluding hydrogens is 314 g/mol. The van der Waals surface area contributed by atoms with Crippen molar-refractivity contribution in [2.75, 3.05) is 6.54 Å². The van der Waals surface area contributed by atoms with Gasteiger partial charge in [-0.15, -0.1) is 12.4 Å². The molecule has 0 radical (unpaired) electrons. The Hall–Kier alpha value is -1.07. The second kappa shape index (κ2) is 7.67. The van der Waals surface area contributed by atoms with Crippen molar-refractivity contribution in [3.8, 4) is 0 Å². The van der Waals surface area contributed by atoms with Gasteiger partial charge in [-0.1, -0.05) is 11.6 Å². The molecule has 5 nitrogen and oxygen atoms in total. The zero-order valence-electron chi connectivity index (χ0n) is 14.0. The van der Waals surface area contributed by atoms with Gasteiger partial charge >= 0.3 is 0 Å². The van der Waals surface area contributed by atoms with Crippen LogP contribution < -0.4 is 11.1 Å². The molecule has 0 aliphatic heterocycles. The molecule has 1 aromatic heterocycles. The molecule has 2 aliphatic carbocycles. The standard InChI is InChI=1S/C17H27N3O2.ClH/c1-10-15(11(2)22-20-10)6-7-19-17(21)14-8-12-4-3-5-13(9-14)16(12)18;/h12-14,16H,3-9,18H2,1-2H3,(H,19,21);1H. The van der Waals surface area contributed by atoms with E-state index in [-0.39, 0.29) is 24.2 Å². The summed E-state index contributed by atoms with van der Waals surface area (Å²) in [4.78, 5) is 12.4. The molecule has 0 saturated heterocycles. The molecule has 2 bridgehead atoms. The van der Waals surface area contributed by atoms with E-state index in [9.17, 15) is 4.79 Å². The van der Waals surface area contributed by atoms with Gasteiger partial charge in [0.15, 0.2) is 0 Å². The third-order valence-corrected chi connectivity index (χ3v) is 5.64. The largest absolute Gasteiger partial charge is 0.361 e. The average molecular weight is 342 g/mol. The fourth-order valence-corrected chi connectivity index (χ4v) is 4.32. The Labute approximate surface area is 144 Å². The Kier molecular flexibility index (Phi) is 6.09. The first-order valence-corrected chi connectivity index (χ1v) is 8.51. The average Bonchev–Trinajstić information content (AvgIpc) is 2.78. The monoisotopic (exact) mass is 341 g/mol. The number of aryl methyl sites for hydroxylation is 2. The second-order valence-corrected chi connectivity index (χ2v) is 7.04. The van der Waals surface area contributed by atoms with E-state index in [1.165, 1.54) is 19.3 Å². The van der Waals surface area contributed by atoms with Crippen molar-refractivity contribution < 1.29 is 9.32 Å². The molecule has 0 spiro atoms. The second-order valence-electron chi connectivity index (χ2n) is 7.04. The van der Waals surface area contributed by atoms with Gasteiger partial charge in [-0.3, -0.25) is 4.79 Å². The van der Waals surface area contributed by atoms with E-state index in [1.54, 1.807) is 0 Å². The van der Waals surface area contributed by atoms with Crippen LogP contribution in [0.2, 0.25) is 0 Å². The van der Waals surface area contributed by atoms with Crippen LogP contribution in [0.5, 0.6) is 0 Å². The van der Waals surface area contributed by atoms with Crippen LogP contribution in [-0.2, 0) is 11.2 Å². The van der Waals surface area contributed by atoms with Crippen LogP contribution in [0, 0.1) is 31.6 Å². The van der Waals surface area contributed by atoms with Crippen LogP contribution in [0.4, 0.5) is 0 Å². The lowest BCUT2D eigenvalue weighted by Crippen LogP contribution is -2.49. The summed E-state index contributed by atoms with van der Waals surface area (Å²) in [6, 6.07) is 0.320. The van der Waals surface area contributed by atoms with Gasteiger partial charge in [0.05, 0.1) is 5.69 Å². The highest BCUT2D eigenvalue weighted by Gasteiger charge is 2.40. The summed E-state index contributed by atoms with van der Waals surface area (Å²) in [5.74, 6) is 2.30. The SMILES string of the molecule is Cc1noc(C)c1CCNC(=O)C1CC2CCCC(C1)C2N.Cl. The van der Waals surface area contributed by atoms with E-state index < -0.39 is 0 Å². The molecule has 130 valence electrons. The number of rotatable bonds is 4. The van der Waals surface area contributed by atoms with Crippen molar-refractivity contribution in [2.45, 2.75) is 58.4 Å². The normalized spacial score (nSPS) is 29.7. The van der Waals surface area contributed by atoms with Gasteiger partial charge in [0, 0.05) is 24.1 Å². The molecule has 1 amide bonds. The molecule has 23 heavy (non-hydrogen) atoms. The zero-order chi connectivity index (χ0) is 15.7. The van der Waals surface area contributed by atoms with Crippen molar-refractivity contribution >= 4 is 18.3 Å². The van der Waals surface area contributed by atoms with Crippen LogP contribution in [-0.4, -0.2) is 23.7 Å². The molecule has 6 heteroatoms. The summed E-state index contributed by atoms with van der Waals surface area (Å²) in [5, 5.41) is 7.05. The Morgan fingerprint density at radius 2 is 1.96 bits per heavy atom. The number of carbonyl (C=O) groups is 1. The van der Waals surface area contributed by atoms with Crippen molar-refractivity contribution in [3.63, 3.8) is 0 Å². The van der Waals surface area contributed by atoms with Crippen LogP contribution in [0.25, 0.3) is 0 Å². The van der Waals surface area contributed by atoms with Crippen LogP contribution in [0.1, 0.15) is 49.1 Å². The minimum absolute atomic E-state index is 0. The number of fused-ring (bicyclic) bond motifs is 2. The van der Waals surface area contributed by atoms with Crippen LogP contribution in [0.3, 0.4) is 0 Å². The van der Waals surface area contributed by atoms with Crippen LogP contribution >= 0.6 is 12.4 Å². The maximum absolute atomic E-state index is 12.4. The van der Waals surface area contributed by atoms with Crippen molar-refractivity contribution in [3.05, 3.63) is 17.0 Å². The molecule has 2 saturated carbocycles. The van der Waals surface area contributed by atoms with Gasteiger partial charge in [-0.25, -0.2) is 0 Å². The van der Waals surface area contributed by atoms with Crippen molar-refractivity contribution in [1.82, 2.24) is 10.5 Å². The first-order chi connectivity index (χ1) is 10.6. The third kappa shape index (κ3) is 3.89. The summed E-state index contributed by atoms with van der Waals surface area (Å²) >= 11 is 0. The summed E-state index contributed by atoms with van der Waals surface area (Å²) in [6.07, 6.45) is 6.39. The molecule has 2 aliphatic rings. The van der Waals surface area contributed by atoms with Gasteiger partial charge in [-0.05, 0) is 57.8 Å². The van der Waals surface area contributed by atoms with E-state index >= 15 is 0 Å². The Balaban J connectivity index is 0.00000192. The van der Waals surface area contributed by atoms with E-state index in [2.05, 4.69) is 10.5 Å². The topological polar surface area (TPSA) is 81.2 Å². The number of nitrogens with zero attached hydrogens (tertiary/aromatic N) is 1. The summed E-state index contributed by atoms with van der Waals surface area (Å²) in [5.41, 5.74) is 8.33. The molecule has 0 aromatic carbocycles. The molecule has 3 N–H and O–H groups in total. The smallest absolute Gasteiger partial charge is 0.223 e. The Bertz CT molecular complexity index is 512. The minimum atomic E-state index is 0. The lowest BCUT2D eigenvalue weighted by molar-refractivity contribution is -0.127. The molecule has 2 fully saturated rings. The predicted octanol–water partition coefficient (Wildman–Crippen LogP) is 2.53. The minimum Gasteiger partial charge on any atom is -0.361 e. The van der Waals surface area contributed by atoms with Crippen molar-refractivity contribution in [1.29, 1.82) is 0 Å². The zero-order valence-corrected chi connectivity index (χ0v) is 14.8. The Morgan fingerprint density at radius 3 is 2.52 bits per heavy atom. The summed E-state index contributed by atoms with van der Waals surface area (Å²) in [7, 11) is 0. The van der Waals surface area contributed by atoms with Gasteiger partial charge in [-0.2, -0.15) is 0 Å². The number of amides is 1. The predicted molar refractivity (Wildman–Crippen MR) is 91.5 cm³/mol. The van der Waals surface area contributed by atoms with Crippen molar-refractivity contribution in [2.24, 2.45) is 23.5 Å². The highest BCUT2D eigenvalue weighted by Crippen LogP contribution is 2.41. The molecular formula is C17H28ClN3O2. The number of hydrogen-bond donors (Lipinski definition) is 2. The maximum Gasteiger partial charge on any atom is 0.223 e.